The molecule has 0 aromatic rings. The van der Waals surface area contributed by atoms with Crippen LogP contribution in [0.3, 0.4) is 0 Å². The summed E-state index contributed by atoms with van der Waals surface area (Å²) in [5, 5.41) is 0. The minimum atomic E-state index is -4.66. The van der Waals surface area contributed by atoms with E-state index in [1.54, 1.807) is 0 Å². The van der Waals surface area contributed by atoms with Gasteiger partial charge in [-0.2, -0.15) is 13.2 Å². The summed E-state index contributed by atoms with van der Waals surface area (Å²) in [6, 6.07) is 0. The van der Waals surface area contributed by atoms with Gasteiger partial charge in [0.1, 0.15) is 0 Å². The highest BCUT2D eigenvalue weighted by Crippen LogP contribution is 2.28. The number of carbonyl (C=O) groups is 1. The van der Waals surface area contributed by atoms with Crippen molar-refractivity contribution in [3.63, 3.8) is 0 Å². The lowest BCUT2D eigenvalue weighted by Crippen LogP contribution is -2.25. The van der Waals surface area contributed by atoms with Gasteiger partial charge in [-0.05, 0) is 38.5 Å². The van der Waals surface area contributed by atoms with E-state index in [1.165, 1.54) is 5.57 Å². The SMILES string of the molecule is CC1=CCCC(CC(=O)C(F)(F)F)CC1. The molecule has 0 aromatic carbocycles. The number of hydrogen-bond donors (Lipinski definition) is 0. The molecule has 0 bridgehead atoms. The zero-order chi connectivity index (χ0) is 11.5. The summed E-state index contributed by atoms with van der Waals surface area (Å²) < 4.78 is 36.1. The van der Waals surface area contributed by atoms with Gasteiger partial charge in [-0.25, -0.2) is 0 Å². The van der Waals surface area contributed by atoms with Gasteiger partial charge >= 0.3 is 6.18 Å². The highest BCUT2D eigenvalue weighted by atomic mass is 19.4. The molecule has 0 spiro atoms. The van der Waals surface area contributed by atoms with Crippen molar-refractivity contribution in [1.82, 2.24) is 0 Å². The van der Waals surface area contributed by atoms with Gasteiger partial charge in [0.25, 0.3) is 0 Å². The van der Waals surface area contributed by atoms with Gasteiger partial charge in [0.15, 0.2) is 0 Å². The summed E-state index contributed by atoms with van der Waals surface area (Å²) in [6.07, 6.45) is 0.0538. The van der Waals surface area contributed by atoms with Crippen molar-refractivity contribution >= 4 is 5.78 Å². The van der Waals surface area contributed by atoms with Gasteiger partial charge in [-0.3, -0.25) is 4.79 Å². The fraction of sp³-hybridized carbons (Fsp3) is 0.727. The number of rotatable bonds is 2. The molecule has 0 saturated carbocycles. The summed E-state index contributed by atoms with van der Waals surface area (Å²) in [4.78, 5) is 10.8. The van der Waals surface area contributed by atoms with Gasteiger partial charge in [0.2, 0.25) is 5.78 Å². The van der Waals surface area contributed by atoms with E-state index in [4.69, 9.17) is 0 Å². The smallest absolute Gasteiger partial charge is 0.290 e. The van der Waals surface area contributed by atoms with E-state index < -0.39 is 12.0 Å². The molecule has 1 rings (SSSR count). The molecule has 1 aliphatic rings. The Morgan fingerprint density at radius 3 is 2.73 bits per heavy atom. The van der Waals surface area contributed by atoms with Crippen LogP contribution in [0, 0.1) is 5.92 Å². The number of ketones is 1. The topological polar surface area (TPSA) is 17.1 Å². The molecule has 1 aliphatic carbocycles. The van der Waals surface area contributed by atoms with Crippen LogP contribution in [0.15, 0.2) is 11.6 Å². The maximum atomic E-state index is 12.0. The van der Waals surface area contributed by atoms with E-state index in [2.05, 4.69) is 6.08 Å². The maximum absolute atomic E-state index is 12.0. The summed E-state index contributed by atoms with van der Waals surface area (Å²) >= 11 is 0. The fourth-order valence-electron chi connectivity index (χ4n) is 1.83. The van der Waals surface area contributed by atoms with E-state index in [0.717, 1.165) is 12.8 Å². The van der Waals surface area contributed by atoms with Crippen LogP contribution in [0.2, 0.25) is 0 Å². The molecule has 0 aliphatic heterocycles. The normalized spacial score (nSPS) is 23.2. The lowest BCUT2D eigenvalue weighted by molar-refractivity contribution is -0.172. The van der Waals surface area contributed by atoms with Gasteiger partial charge in [0, 0.05) is 6.42 Å². The minimum absolute atomic E-state index is 0.104. The number of hydrogen-bond acceptors (Lipinski definition) is 1. The molecule has 1 unspecified atom stereocenters. The quantitative estimate of drug-likeness (QED) is 0.649. The molecule has 86 valence electrons. The monoisotopic (exact) mass is 220 g/mol. The Morgan fingerprint density at radius 2 is 2.13 bits per heavy atom. The van der Waals surface area contributed by atoms with Crippen molar-refractivity contribution in [1.29, 1.82) is 0 Å². The zero-order valence-electron chi connectivity index (χ0n) is 8.73. The van der Waals surface area contributed by atoms with E-state index >= 15 is 0 Å². The summed E-state index contributed by atoms with van der Waals surface area (Å²) in [6.45, 7) is 1.98. The molecule has 0 saturated heterocycles. The van der Waals surface area contributed by atoms with Crippen molar-refractivity contribution in [3.05, 3.63) is 11.6 Å². The number of Topliss-reactive ketones (excluding diaryl/α,β-unsaturated/α-hetero) is 1. The van der Waals surface area contributed by atoms with Gasteiger partial charge in [0.05, 0.1) is 0 Å². The van der Waals surface area contributed by atoms with E-state index in [1.807, 2.05) is 6.92 Å². The highest BCUT2D eigenvalue weighted by molar-refractivity contribution is 5.84. The zero-order valence-corrected chi connectivity index (χ0v) is 8.73. The molecule has 0 amide bonds. The molecule has 4 heteroatoms. The van der Waals surface area contributed by atoms with Crippen LogP contribution in [0.25, 0.3) is 0 Å². The predicted molar refractivity (Wildman–Crippen MR) is 51.4 cm³/mol. The molecule has 0 aromatic heterocycles. The van der Waals surface area contributed by atoms with Crippen LogP contribution in [-0.2, 0) is 4.79 Å². The van der Waals surface area contributed by atoms with Crippen molar-refractivity contribution in [2.45, 2.75) is 45.2 Å². The predicted octanol–water partition coefficient (Wildman–Crippen LogP) is 3.64. The molecule has 1 atom stereocenters. The van der Waals surface area contributed by atoms with Gasteiger partial charge < -0.3 is 0 Å². The minimum Gasteiger partial charge on any atom is -0.290 e. The summed E-state index contributed by atoms with van der Waals surface area (Å²) in [5.41, 5.74) is 1.22. The Labute approximate surface area is 87.4 Å². The summed E-state index contributed by atoms with van der Waals surface area (Å²) in [5.74, 6) is -1.68. The van der Waals surface area contributed by atoms with Crippen LogP contribution in [0.5, 0.6) is 0 Å². The van der Waals surface area contributed by atoms with Crippen molar-refractivity contribution in [2.75, 3.05) is 0 Å². The number of carbonyl (C=O) groups excluding carboxylic acids is 1. The van der Waals surface area contributed by atoms with E-state index in [-0.39, 0.29) is 12.3 Å². The van der Waals surface area contributed by atoms with Crippen LogP contribution >= 0.6 is 0 Å². The largest absolute Gasteiger partial charge is 0.449 e. The molecule has 0 heterocycles. The van der Waals surface area contributed by atoms with E-state index in [0.29, 0.717) is 12.8 Å². The molecule has 15 heavy (non-hydrogen) atoms. The lowest BCUT2D eigenvalue weighted by Gasteiger charge is -2.14. The molecule has 0 fully saturated rings. The van der Waals surface area contributed by atoms with E-state index in [9.17, 15) is 18.0 Å². The third kappa shape index (κ3) is 4.06. The van der Waals surface area contributed by atoms with Crippen LogP contribution in [0.1, 0.15) is 39.0 Å². The lowest BCUT2D eigenvalue weighted by atomic mass is 9.93. The third-order valence-electron chi connectivity index (χ3n) is 2.80. The summed E-state index contributed by atoms with van der Waals surface area (Å²) in [7, 11) is 0. The molecule has 0 radical (unpaired) electrons. The van der Waals surface area contributed by atoms with Gasteiger partial charge in [-0.1, -0.05) is 11.6 Å². The average Bonchev–Trinajstić information content (AvgIpc) is 2.29. The first-order valence-electron chi connectivity index (χ1n) is 5.15. The number of alkyl halides is 3. The Kier molecular flexibility index (Phi) is 3.94. The molecule has 0 N–H and O–H groups in total. The average molecular weight is 220 g/mol. The second-order valence-corrected chi connectivity index (χ2v) is 4.16. The fourth-order valence-corrected chi connectivity index (χ4v) is 1.83. The van der Waals surface area contributed by atoms with Crippen molar-refractivity contribution in [2.24, 2.45) is 5.92 Å². The standard InChI is InChI=1S/C11H15F3O/c1-8-3-2-4-9(6-5-8)7-10(15)11(12,13)14/h3,9H,2,4-7H2,1H3. The number of halogens is 3. The highest BCUT2D eigenvalue weighted by Gasteiger charge is 2.38. The molecular formula is C11H15F3O. The Morgan fingerprint density at radius 1 is 1.47 bits per heavy atom. The first kappa shape index (κ1) is 12.3. The van der Waals surface area contributed by atoms with Crippen LogP contribution in [-0.4, -0.2) is 12.0 Å². The Balaban J connectivity index is 2.44. The first-order chi connectivity index (χ1) is 6.89. The van der Waals surface area contributed by atoms with Gasteiger partial charge in [-0.15, -0.1) is 0 Å². The van der Waals surface area contributed by atoms with Crippen LogP contribution < -0.4 is 0 Å². The second-order valence-electron chi connectivity index (χ2n) is 4.16. The number of allylic oxidation sites excluding steroid dienone is 2. The Hall–Kier alpha value is -0.800. The molecule has 1 nitrogen and oxygen atoms in total. The maximum Gasteiger partial charge on any atom is 0.449 e. The van der Waals surface area contributed by atoms with Crippen molar-refractivity contribution < 1.29 is 18.0 Å². The Bertz CT molecular complexity index is 265. The van der Waals surface area contributed by atoms with Crippen molar-refractivity contribution in [3.8, 4) is 0 Å². The van der Waals surface area contributed by atoms with Crippen LogP contribution in [0.4, 0.5) is 13.2 Å². The third-order valence-corrected chi connectivity index (χ3v) is 2.80. The molecular weight excluding hydrogens is 205 g/mol. The second kappa shape index (κ2) is 4.81. The first-order valence-corrected chi connectivity index (χ1v) is 5.15.